The summed E-state index contributed by atoms with van der Waals surface area (Å²) in [5, 5.41) is 8.69. The van der Waals surface area contributed by atoms with Gasteiger partial charge in [0.2, 0.25) is 0 Å². The first kappa shape index (κ1) is 13.9. The van der Waals surface area contributed by atoms with Crippen molar-refractivity contribution in [3.8, 4) is 0 Å². The van der Waals surface area contributed by atoms with E-state index in [-0.39, 0.29) is 5.69 Å². The Bertz CT molecular complexity index is 444. The van der Waals surface area contributed by atoms with Gasteiger partial charge in [0.05, 0.1) is 7.11 Å². The van der Waals surface area contributed by atoms with Crippen LogP contribution in [0.1, 0.15) is 0 Å². The zero-order valence-corrected chi connectivity index (χ0v) is 9.52. The monoisotopic (exact) mass is 259 g/mol. The third-order valence-electron chi connectivity index (χ3n) is 2.09. The number of hydrogen-bond acceptors (Lipinski definition) is 4. The van der Waals surface area contributed by atoms with Gasteiger partial charge in [-0.3, -0.25) is 9.59 Å². The van der Waals surface area contributed by atoms with Crippen molar-refractivity contribution in [1.29, 1.82) is 0 Å². The van der Waals surface area contributed by atoms with E-state index in [4.69, 9.17) is 5.11 Å². The highest BCUT2D eigenvalue weighted by molar-refractivity contribution is 5.80. The van der Waals surface area contributed by atoms with Crippen molar-refractivity contribution >= 4 is 17.6 Å². The Morgan fingerprint density at radius 3 is 2.22 bits per heavy atom. The Kier molecular flexibility index (Phi) is 4.59. The molecular formula is C11H11F2NO4. The summed E-state index contributed by atoms with van der Waals surface area (Å²) in [7, 11) is 1.13. The van der Waals surface area contributed by atoms with Gasteiger partial charge in [-0.2, -0.15) is 0 Å². The molecule has 1 aromatic rings. The molecule has 7 heteroatoms. The number of carbonyl (C=O) groups is 2. The van der Waals surface area contributed by atoms with E-state index in [0.717, 1.165) is 24.1 Å². The number of aliphatic carboxylic acids is 1. The van der Waals surface area contributed by atoms with E-state index in [1.54, 1.807) is 0 Å². The average molecular weight is 259 g/mol. The molecule has 0 heterocycles. The number of hydrogen-bond donors (Lipinski definition) is 1. The minimum Gasteiger partial charge on any atom is -0.480 e. The summed E-state index contributed by atoms with van der Waals surface area (Å²) in [6.45, 7) is -0.982. The number of rotatable bonds is 5. The smallest absolute Gasteiger partial charge is 0.325 e. The molecule has 0 aliphatic rings. The van der Waals surface area contributed by atoms with Gasteiger partial charge in [-0.25, -0.2) is 8.78 Å². The largest absolute Gasteiger partial charge is 0.480 e. The lowest BCUT2D eigenvalue weighted by Gasteiger charge is -2.21. The predicted octanol–water partition coefficient (Wildman–Crippen LogP) is 1.03. The maximum Gasteiger partial charge on any atom is 0.325 e. The molecule has 0 fully saturated rings. The first-order chi connectivity index (χ1) is 8.42. The number of carboxylic acids is 1. The van der Waals surface area contributed by atoms with Crippen molar-refractivity contribution in [3.63, 3.8) is 0 Å². The van der Waals surface area contributed by atoms with E-state index < -0.39 is 36.7 Å². The number of carbonyl (C=O) groups excluding carboxylic acids is 1. The number of ether oxygens (including phenoxy) is 1. The number of nitrogens with zero attached hydrogens (tertiary/aromatic N) is 1. The molecular weight excluding hydrogens is 248 g/mol. The first-order valence-electron chi connectivity index (χ1n) is 4.92. The zero-order valence-electron chi connectivity index (χ0n) is 9.52. The van der Waals surface area contributed by atoms with Crippen LogP contribution >= 0.6 is 0 Å². The molecule has 1 N–H and O–H groups in total. The van der Waals surface area contributed by atoms with Crippen molar-refractivity contribution in [1.82, 2.24) is 0 Å². The lowest BCUT2D eigenvalue weighted by molar-refractivity contribution is -0.139. The molecule has 98 valence electrons. The molecule has 0 saturated heterocycles. The van der Waals surface area contributed by atoms with Gasteiger partial charge < -0.3 is 14.7 Å². The third kappa shape index (κ3) is 4.00. The maximum atomic E-state index is 13.0. The minimum atomic E-state index is -1.23. The van der Waals surface area contributed by atoms with Crippen molar-refractivity contribution < 1.29 is 28.2 Å². The van der Waals surface area contributed by atoms with Crippen molar-refractivity contribution in [2.75, 3.05) is 25.1 Å². The van der Waals surface area contributed by atoms with Crippen LogP contribution in [-0.4, -0.2) is 37.2 Å². The Balaban J connectivity index is 3.00. The van der Waals surface area contributed by atoms with Crippen LogP contribution in [0, 0.1) is 11.6 Å². The van der Waals surface area contributed by atoms with Gasteiger partial charge in [0.25, 0.3) is 0 Å². The van der Waals surface area contributed by atoms with E-state index >= 15 is 0 Å². The summed E-state index contributed by atoms with van der Waals surface area (Å²) in [4.78, 5) is 22.7. The Morgan fingerprint density at radius 2 is 1.78 bits per heavy atom. The Hall–Kier alpha value is -2.18. The fourth-order valence-electron chi connectivity index (χ4n) is 1.34. The molecule has 0 aliphatic heterocycles. The number of benzene rings is 1. The van der Waals surface area contributed by atoms with Crippen LogP contribution in [0.15, 0.2) is 18.2 Å². The molecule has 0 bridgehead atoms. The lowest BCUT2D eigenvalue weighted by atomic mass is 10.2. The van der Waals surface area contributed by atoms with Crippen LogP contribution in [0.5, 0.6) is 0 Å². The van der Waals surface area contributed by atoms with Crippen LogP contribution in [0.3, 0.4) is 0 Å². The van der Waals surface area contributed by atoms with Crippen LogP contribution in [0.25, 0.3) is 0 Å². The quantitative estimate of drug-likeness (QED) is 0.800. The van der Waals surface area contributed by atoms with Gasteiger partial charge in [0, 0.05) is 11.8 Å². The van der Waals surface area contributed by atoms with E-state index in [2.05, 4.69) is 4.74 Å². The van der Waals surface area contributed by atoms with Crippen LogP contribution in [-0.2, 0) is 14.3 Å². The van der Waals surface area contributed by atoms with Gasteiger partial charge in [-0.05, 0) is 12.1 Å². The Labute approximate surface area is 102 Å². The van der Waals surface area contributed by atoms with Gasteiger partial charge >= 0.3 is 11.9 Å². The Morgan fingerprint density at radius 1 is 1.22 bits per heavy atom. The van der Waals surface area contributed by atoms with E-state index in [1.165, 1.54) is 0 Å². The summed E-state index contributed by atoms with van der Waals surface area (Å²) in [5.74, 6) is -3.65. The molecule has 1 aromatic carbocycles. The van der Waals surface area contributed by atoms with Crippen molar-refractivity contribution in [2.45, 2.75) is 0 Å². The fraction of sp³-hybridized carbons (Fsp3) is 0.273. The molecule has 1 rings (SSSR count). The highest BCUT2D eigenvalue weighted by atomic mass is 19.1. The summed E-state index contributed by atoms with van der Waals surface area (Å²) < 4.78 is 30.4. The second-order valence-electron chi connectivity index (χ2n) is 3.45. The van der Waals surface area contributed by atoms with Crippen molar-refractivity contribution in [3.05, 3.63) is 29.8 Å². The molecule has 0 saturated carbocycles. The molecule has 0 amide bonds. The zero-order chi connectivity index (χ0) is 13.7. The molecule has 0 aliphatic carbocycles. The fourth-order valence-corrected chi connectivity index (χ4v) is 1.34. The summed E-state index contributed by atoms with van der Waals surface area (Å²) in [6.07, 6.45) is 0. The second kappa shape index (κ2) is 5.95. The molecule has 18 heavy (non-hydrogen) atoms. The van der Waals surface area contributed by atoms with Crippen LogP contribution in [0.2, 0.25) is 0 Å². The van der Waals surface area contributed by atoms with E-state index in [9.17, 15) is 18.4 Å². The molecule has 0 spiro atoms. The maximum absolute atomic E-state index is 13.0. The molecule has 0 aromatic heterocycles. The summed E-state index contributed by atoms with van der Waals surface area (Å²) >= 11 is 0. The normalized spacial score (nSPS) is 9.94. The van der Waals surface area contributed by atoms with Crippen LogP contribution in [0.4, 0.5) is 14.5 Å². The number of methoxy groups -OCH3 is 1. The molecule has 0 atom stereocenters. The van der Waals surface area contributed by atoms with Crippen molar-refractivity contribution in [2.24, 2.45) is 0 Å². The number of esters is 1. The lowest BCUT2D eigenvalue weighted by Crippen LogP contribution is -2.35. The highest BCUT2D eigenvalue weighted by Gasteiger charge is 2.16. The van der Waals surface area contributed by atoms with E-state index in [1.807, 2.05) is 0 Å². The van der Waals surface area contributed by atoms with Gasteiger partial charge in [-0.1, -0.05) is 0 Å². The number of carboxylic acid groups (broad SMARTS) is 1. The average Bonchev–Trinajstić information content (AvgIpc) is 2.26. The molecule has 5 nitrogen and oxygen atoms in total. The standard InChI is InChI=1S/C11H11F2NO4/c1-18-11(17)6-14(5-10(15)16)9-3-7(12)2-8(13)4-9/h2-4H,5-6H2,1H3,(H,15,16). The molecule has 0 unspecified atom stereocenters. The SMILES string of the molecule is COC(=O)CN(CC(=O)O)c1cc(F)cc(F)c1. The topological polar surface area (TPSA) is 66.8 Å². The highest BCUT2D eigenvalue weighted by Crippen LogP contribution is 2.17. The van der Waals surface area contributed by atoms with Gasteiger partial charge in [-0.15, -0.1) is 0 Å². The second-order valence-corrected chi connectivity index (χ2v) is 3.45. The van der Waals surface area contributed by atoms with Gasteiger partial charge in [0.1, 0.15) is 24.7 Å². The third-order valence-corrected chi connectivity index (χ3v) is 2.09. The van der Waals surface area contributed by atoms with Gasteiger partial charge in [0.15, 0.2) is 0 Å². The number of anilines is 1. The summed E-state index contributed by atoms with van der Waals surface area (Å²) in [6, 6.07) is 2.53. The molecule has 0 radical (unpaired) electrons. The first-order valence-corrected chi connectivity index (χ1v) is 4.92. The summed E-state index contributed by atoms with van der Waals surface area (Å²) in [5.41, 5.74) is -0.0414. The van der Waals surface area contributed by atoms with Crippen LogP contribution < -0.4 is 4.90 Å². The van der Waals surface area contributed by atoms with E-state index in [0.29, 0.717) is 6.07 Å². The predicted molar refractivity (Wildman–Crippen MR) is 58.2 cm³/mol. The number of halogens is 2. The minimum absolute atomic E-state index is 0.0414.